The molecule has 170 valence electrons. The number of carboxylic acid groups (broad SMARTS) is 1. The molecule has 1 aromatic heterocycles. The van der Waals surface area contributed by atoms with Crippen molar-refractivity contribution in [3.8, 4) is 6.07 Å². The van der Waals surface area contributed by atoms with Crippen molar-refractivity contribution in [1.82, 2.24) is 4.98 Å². The van der Waals surface area contributed by atoms with E-state index in [1.165, 1.54) is 12.1 Å². The van der Waals surface area contributed by atoms with Crippen LogP contribution in [0.5, 0.6) is 0 Å². The molecule has 1 spiro atoms. The summed E-state index contributed by atoms with van der Waals surface area (Å²) in [4.78, 5) is 42.5. The number of carbonyl (C=O) groups is 3. The van der Waals surface area contributed by atoms with Crippen LogP contribution in [0.3, 0.4) is 0 Å². The third kappa shape index (κ3) is 3.20. The zero-order valence-electron chi connectivity index (χ0n) is 16.3. The Morgan fingerprint density at radius 2 is 1.97 bits per heavy atom. The number of aromatic nitrogens is 1. The predicted molar refractivity (Wildman–Crippen MR) is 107 cm³/mol. The number of aromatic carboxylic acids is 1. The summed E-state index contributed by atoms with van der Waals surface area (Å²) in [5, 5.41) is 18.0. The summed E-state index contributed by atoms with van der Waals surface area (Å²) in [6, 6.07) is 4.83. The average molecular weight is 480 g/mol. The summed E-state index contributed by atoms with van der Waals surface area (Å²) in [6.07, 6.45) is -4.06. The van der Waals surface area contributed by atoms with E-state index in [0.717, 1.165) is 28.1 Å². The molecule has 2 aliphatic rings. The van der Waals surface area contributed by atoms with Gasteiger partial charge in [0.25, 0.3) is 5.91 Å². The Bertz CT molecular complexity index is 1260. The Hall–Kier alpha value is -3.66. The first-order valence-electron chi connectivity index (χ1n) is 9.28. The number of amides is 1. The number of anilines is 2. The number of nitriles is 1. The van der Waals surface area contributed by atoms with Crippen molar-refractivity contribution in [2.75, 3.05) is 9.80 Å². The molecule has 2 heterocycles. The van der Waals surface area contributed by atoms with E-state index >= 15 is 0 Å². The number of hydrogen-bond donors (Lipinski definition) is 2. The van der Waals surface area contributed by atoms with Crippen molar-refractivity contribution < 1.29 is 37.1 Å². The Labute approximate surface area is 188 Å². The maximum absolute atomic E-state index is 14.4. The van der Waals surface area contributed by atoms with Crippen LogP contribution in [0.1, 0.15) is 34.5 Å². The number of Topliss-reactive ketones (excluding diaryl/α,β-unsaturated/α-hetero) is 1. The van der Waals surface area contributed by atoms with Crippen LogP contribution in [0.4, 0.5) is 28.9 Å². The van der Waals surface area contributed by atoms with Gasteiger partial charge in [-0.05, 0) is 30.7 Å². The molecule has 2 aromatic rings. The zero-order valence-corrected chi connectivity index (χ0v) is 17.2. The van der Waals surface area contributed by atoms with E-state index in [0.29, 0.717) is 6.07 Å². The molecule has 0 radical (unpaired) electrons. The molecule has 1 N–H and O–H groups in total. The highest BCUT2D eigenvalue weighted by atomic mass is 32.1. The van der Waals surface area contributed by atoms with Gasteiger partial charge in [-0.2, -0.15) is 18.4 Å². The van der Waals surface area contributed by atoms with E-state index < -0.39 is 57.5 Å². The van der Waals surface area contributed by atoms with Gasteiger partial charge >= 0.3 is 12.1 Å². The number of carboxylic acids is 1. The highest BCUT2D eigenvalue weighted by Gasteiger charge is 2.66. The zero-order chi connectivity index (χ0) is 24.3. The molecule has 0 bridgehead atoms. The van der Waals surface area contributed by atoms with Crippen molar-refractivity contribution in [3.63, 3.8) is 0 Å². The largest absolute Gasteiger partial charge is 0.478 e. The highest BCUT2D eigenvalue weighted by molar-refractivity contribution is 7.81. The van der Waals surface area contributed by atoms with E-state index in [-0.39, 0.29) is 24.2 Å². The number of thiol groups is 1. The summed E-state index contributed by atoms with van der Waals surface area (Å²) < 4.78 is 54.6. The SMILES string of the molecule is N#Cc1ncc(N2C(=O)C3(CCC3=O)N(c3ccc(C(=O)O)c(F)c3)C2S)cc1C(F)(F)F. The third-order valence-electron chi connectivity index (χ3n) is 5.64. The quantitative estimate of drug-likeness (QED) is 0.394. The molecule has 1 saturated heterocycles. The predicted octanol–water partition coefficient (Wildman–Crippen LogP) is 2.98. The van der Waals surface area contributed by atoms with Gasteiger partial charge in [0.15, 0.2) is 22.5 Å². The number of benzene rings is 1. The van der Waals surface area contributed by atoms with E-state index in [1.807, 2.05) is 0 Å². The van der Waals surface area contributed by atoms with Crippen LogP contribution in [0.2, 0.25) is 0 Å². The number of pyridine rings is 1. The lowest BCUT2D eigenvalue weighted by Gasteiger charge is -2.42. The van der Waals surface area contributed by atoms with Gasteiger partial charge in [0.1, 0.15) is 11.9 Å². The fourth-order valence-electron chi connectivity index (χ4n) is 3.99. The summed E-state index contributed by atoms with van der Waals surface area (Å²) in [5.74, 6) is -4.10. The van der Waals surface area contributed by atoms with Gasteiger partial charge in [0, 0.05) is 12.1 Å². The summed E-state index contributed by atoms with van der Waals surface area (Å²) in [5.41, 5.74) is -6.53. The summed E-state index contributed by atoms with van der Waals surface area (Å²) >= 11 is 4.33. The van der Waals surface area contributed by atoms with Gasteiger partial charge in [-0.15, -0.1) is 12.6 Å². The molecule has 1 saturated carbocycles. The number of nitrogens with zero attached hydrogens (tertiary/aromatic N) is 4. The number of ketones is 1. The van der Waals surface area contributed by atoms with Crippen molar-refractivity contribution in [3.05, 3.63) is 53.1 Å². The van der Waals surface area contributed by atoms with Gasteiger partial charge in [0.05, 0.1) is 23.0 Å². The minimum Gasteiger partial charge on any atom is -0.478 e. The molecule has 1 aliphatic heterocycles. The van der Waals surface area contributed by atoms with Gasteiger partial charge in [-0.25, -0.2) is 14.2 Å². The highest BCUT2D eigenvalue weighted by Crippen LogP contribution is 2.48. The normalized spacial score (nSPS) is 22.5. The molecule has 1 aromatic carbocycles. The minimum atomic E-state index is -4.94. The monoisotopic (exact) mass is 480 g/mol. The Morgan fingerprint density at radius 1 is 1.27 bits per heavy atom. The first kappa shape index (κ1) is 22.5. The first-order chi connectivity index (χ1) is 15.4. The number of hydrogen-bond acceptors (Lipinski definition) is 7. The van der Waals surface area contributed by atoms with Crippen LogP contribution in [-0.4, -0.2) is 38.8 Å². The summed E-state index contributed by atoms with van der Waals surface area (Å²) in [6.45, 7) is 0. The van der Waals surface area contributed by atoms with Crippen molar-refractivity contribution in [2.45, 2.75) is 30.1 Å². The smallest absolute Gasteiger partial charge is 0.419 e. The minimum absolute atomic E-state index is 0.00361. The van der Waals surface area contributed by atoms with Gasteiger partial charge in [-0.1, -0.05) is 0 Å². The first-order valence-corrected chi connectivity index (χ1v) is 9.79. The molecule has 2 unspecified atom stereocenters. The fraction of sp³-hybridized carbons (Fsp3) is 0.250. The maximum Gasteiger partial charge on any atom is 0.419 e. The van der Waals surface area contributed by atoms with Gasteiger partial charge in [-0.3, -0.25) is 14.5 Å². The van der Waals surface area contributed by atoms with Crippen LogP contribution < -0.4 is 9.80 Å². The van der Waals surface area contributed by atoms with E-state index in [1.54, 1.807) is 0 Å². The van der Waals surface area contributed by atoms with Crippen LogP contribution >= 0.6 is 12.6 Å². The van der Waals surface area contributed by atoms with Crippen molar-refractivity contribution in [2.24, 2.45) is 0 Å². The van der Waals surface area contributed by atoms with Crippen molar-refractivity contribution >= 4 is 41.7 Å². The lowest BCUT2D eigenvalue weighted by atomic mass is 9.73. The summed E-state index contributed by atoms with van der Waals surface area (Å²) in [7, 11) is 0. The average Bonchev–Trinajstić information content (AvgIpc) is 2.99. The standard InChI is InChI=1S/C20H12F4N4O4S/c21-13-6-9(1-2-11(13)16(30)31)28-18(33)27(17(32)19(28)4-3-15(19)29)10-5-12(20(22,23)24)14(7-25)26-8-10/h1-2,5-6,8,18,33H,3-4H2,(H,30,31). The second kappa shape index (κ2) is 7.45. The molecule has 8 nitrogen and oxygen atoms in total. The molecule has 1 aliphatic carbocycles. The number of alkyl halides is 3. The lowest BCUT2D eigenvalue weighted by molar-refractivity contribution is -0.140. The molecule has 2 atom stereocenters. The molecular weight excluding hydrogens is 468 g/mol. The van der Waals surface area contributed by atoms with E-state index in [9.17, 15) is 31.9 Å². The van der Waals surface area contributed by atoms with Gasteiger partial charge in [0.2, 0.25) is 0 Å². The van der Waals surface area contributed by atoms with Gasteiger partial charge < -0.3 is 10.0 Å². The number of carbonyl (C=O) groups excluding carboxylic acids is 2. The number of halogens is 4. The second-order valence-corrected chi connectivity index (χ2v) is 7.81. The maximum atomic E-state index is 14.4. The molecule has 33 heavy (non-hydrogen) atoms. The Kier molecular flexibility index (Phi) is 5.08. The second-order valence-electron chi connectivity index (χ2n) is 7.34. The topological polar surface area (TPSA) is 115 Å². The van der Waals surface area contributed by atoms with Crippen LogP contribution in [0.25, 0.3) is 0 Å². The number of rotatable bonds is 3. The molecular formula is C20H12F4N4O4S. The molecule has 2 fully saturated rings. The van der Waals surface area contributed by atoms with Crippen LogP contribution in [-0.2, 0) is 15.8 Å². The van der Waals surface area contributed by atoms with E-state index in [2.05, 4.69) is 17.6 Å². The third-order valence-corrected chi connectivity index (χ3v) is 6.11. The van der Waals surface area contributed by atoms with Crippen LogP contribution in [0, 0.1) is 17.1 Å². The molecule has 4 rings (SSSR count). The fourth-order valence-corrected chi connectivity index (χ4v) is 4.56. The lowest BCUT2D eigenvalue weighted by Crippen LogP contribution is -2.63. The Balaban J connectivity index is 1.85. The van der Waals surface area contributed by atoms with E-state index in [4.69, 9.17) is 10.4 Å². The molecule has 1 amide bonds. The Morgan fingerprint density at radius 3 is 2.45 bits per heavy atom. The molecule has 13 heteroatoms. The van der Waals surface area contributed by atoms with Crippen molar-refractivity contribution in [1.29, 1.82) is 5.26 Å². The van der Waals surface area contributed by atoms with Crippen LogP contribution in [0.15, 0.2) is 30.5 Å².